The first-order valence-electron chi connectivity index (χ1n) is 6.65. The molecule has 0 bridgehead atoms. The number of aromatic hydroxyl groups is 1. The number of anilines is 1. The van der Waals surface area contributed by atoms with Crippen molar-refractivity contribution in [3.63, 3.8) is 0 Å². The minimum atomic E-state index is 0.00149. The lowest BCUT2D eigenvalue weighted by atomic mass is 10.1. The van der Waals surface area contributed by atoms with Gasteiger partial charge in [0, 0.05) is 17.7 Å². The number of rotatable bonds is 4. The molecule has 0 aliphatic carbocycles. The molecule has 21 heavy (non-hydrogen) atoms. The van der Waals surface area contributed by atoms with Gasteiger partial charge in [0.05, 0.1) is 25.9 Å². The number of nitrogens with one attached hydrogen (secondary N) is 1. The van der Waals surface area contributed by atoms with Crippen LogP contribution in [0.15, 0.2) is 36.4 Å². The van der Waals surface area contributed by atoms with Gasteiger partial charge in [-0.2, -0.15) is 0 Å². The average Bonchev–Trinajstić information content (AvgIpc) is 2.89. The van der Waals surface area contributed by atoms with Crippen molar-refractivity contribution < 1.29 is 19.3 Å². The Bertz CT molecular complexity index is 657. The maximum absolute atomic E-state index is 9.49. The number of methoxy groups -OCH3 is 2. The Morgan fingerprint density at radius 1 is 1.14 bits per heavy atom. The molecule has 2 aromatic carbocycles. The Kier molecular flexibility index (Phi) is 3.48. The molecule has 0 saturated heterocycles. The molecule has 0 fully saturated rings. The maximum atomic E-state index is 9.49. The molecule has 5 nitrogen and oxygen atoms in total. The molecular weight excluding hydrogens is 270 g/mol. The maximum Gasteiger partial charge on any atom is 0.142 e. The summed E-state index contributed by atoms with van der Waals surface area (Å²) in [5.74, 6) is 2.40. The van der Waals surface area contributed by atoms with Crippen LogP contribution in [0.1, 0.15) is 11.6 Å². The van der Waals surface area contributed by atoms with E-state index in [1.165, 1.54) is 0 Å². The van der Waals surface area contributed by atoms with Gasteiger partial charge >= 0.3 is 0 Å². The van der Waals surface area contributed by atoms with E-state index >= 15 is 0 Å². The summed E-state index contributed by atoms with van der Waals surface area (Å²) >= 11 is 0. The minimum absolute atomic E-state index is 0.00149. The molecule has 5 heteroatoms. The Morgan fingerprint density at radius 3 is 2.76 bits per heavy atom. The third-order valence-corrected chi connectivity index (χ3v) is 3.51. The van der Waals surface area contributed by atoms with Crippen LogP contribution >= 0.6 is 0 Å². The van der Waals surface area contributed by atoms with Gasteiger partial charge in [-0.15, -0.1) is 0 Å². The zero-order valence-electron chi connectivity index (χ0n) is 11.9. The van der Waals surface area contributed by atoms with Crippen LogP contribution < -0.4 is 19.5 Å². The lowest BCUT2D eigenvalue weighted by Gasteiger charge is -2.17. The van der Waals surface area contributed by atoms with Gasteiger partial charge in [0.25, 0.3) is 0 Å². The molecule has 0 aromatic heterocycles. The molecule has 3 rings (SSSR count). The van der Waals surface area contributed by atoms with Crippen LogP contribution in [0.25, 0.3) is 0 Å². The number of hydrogen-bond acceptors (Lipinski definition) is 5. The SMILES string of the molecule is COc1ccc(OC)c(NC2COc3cc(O)ccc32)c1. The largest absolute Gasteiger partial charge is 0.508 e. The van der Waals surface area contributed by atoms with Crippen molar-refractivity contribution in [2.45, 2.75) is 6.04 Å². The van der Waals surface area contributed by atoms with Crippen molar-refractivity contribution in [1.82, 2.24) is 0 Å². The van der Waals surface area contributed by atoms with Gasteiger partial charge in [-0.1, -0.05) is 0 Å². The van der Waals surface area contributed by atoms with Crippen molar-refractivity contribution in [2.75, 3.05) is 26.1 Å². The van der Waals surface area contributed by atoms with Gasteiger partial charge in [0.1, 0.15) is 29.6 Å². The van der Waals surface area contributed by atoms with Crippen LogP contribution in [0.5, 0.6) is 23.0 Å². The molecule has 1 atom stereocenters. The van der Waals surface area contributed by atoms with E-state index in [9.17, 15) is 5.11 Å². The molecular formula is C16H17NO4. The van der Waals surface area contributed by atoms with E-state index in [0.717, 1.165) is 22.7 Å². The van der Waals surface area contributed by atoms with E-state index in [2.05, 4.69) is 5.32 Å². The highest BCUT2D eigenvalue weighted by molar-refractivity contribution is 5.62. The molecule has 0 amide bonds. The first kappa shape index (κ1) is 13.4. The van der Waals surface area contributed by atoms with Crippen LogP contribution in [-0.4, -0.2) is 25.9 Å². The second kappa shape index (κ2) is 5.44. The summed E-state index contributed by atoms with van der Waals surface area (Å²) in [4.78, 5) is 0. The summed E-state index contributed by atoms with van der Waals surface area (Å²) in [5.41, 5.74) is 1.85. The molecule has 2 aromatic rings. The molecule has 0 spiro atoms. The summed E-state index contributed by atoms with van der Waals surface area (Å²) in [6, 6.07) is 10.7. The van der Waals surface area contributed by atoms with Crippen molar-refractivity contribution in [2.24, 2.45) is 0 Å². The fraction of sp³-hybridized carbons (Fsp3) is 0.250. The zero-order valence-corrected chi connectivity index (χ0v) is 11.9. The Morgan fingerprint density at radius 2 is 2.00 bits per heavy atom. The first-order chi connectivity index (χ1) is 10.2. The summed E-state index contributed by atoms with van der Waals surface area (Å²) in [6.45, 7) is 0.499. The van der Waals surface area contributed by atoms with Gasteiger partial charge in [-0.25, -0.2) is 0 Å². The van der Waals surface area contributed by atoms with Crippen LogP contribution in [0, 0.1) is 0 Å². The highest BCUT2D eigenvalue weighted by atomic mass is 16.5. The highest BCUT2D eigenvalue weighted by Gasteiger charge is 2.25. The third-order valence-electron chi connectivity index (χ3n) is 3.51. The van der Waals surface area contributed by atoms with Crippen LogP contribution in [0.2, 0.25) is 0 Å². The van der Waals surface area contributed by atoms with Crippen LogP contribution in [0.4, 0.5) is 5.69 Å². The molecule has 0 saturated carbocycles. The van der Waals surface area contributed by atoms with Gasteiger partial charge in [0.15, 0.2) is 0 Å². The Hall–Kier alpha value is -2.56. The summed E-state index contributed by atoms with van der Waals surface area (Å²) in [5, 5.41) is 12.9. The fourth-order valence-electron chi connectivity index (χ4n) is 2.43. The van der Waals surface area contributed by atoms with E-state index < -0.39 is 0 Å². The average molecular weight is 287 g/mol. The van der Waals surface area contributed by atoms with Gasteiger partial charge in [-0.05, 0) is 24.3 Å². The monoisotopic (exact) mass is 287 g/mol. The topological polar surface area (TPSA) is 60.0 Å². The Balaban J connectivity index is 1.88. The molecule has 1 unspecified atom stereocenters. The minimum Gasteiger partial charge on any atom is -0.508 e. The molecule has 0 radical (unpaired) electrons. The van der Waals surface area contributed by atoms with Gasteiger partial charge in [0.2, 0.25) is 0 Å². The smallest absolute Gasteiger partial charge is 0.142 e. The van der Waals surface area contributed by atoms with E-state index in [1.807, 2.05) is 24.3 Å². The normalized spacial score (nSPS) is 16.0. The Labute approximate surface area is 123 Å². The molecule has 110 valence electrons. The fourth-order valence-corrected chi connectivity index (χ4v) is 2.43. The number of phenolic OH excluding ortho intramolecular Hbond substituents is 1. The highest BCUT2D eigenvalue weighted by Crippen LogP contribution is 2.39. The number of hydrogen-bond donors (Lipinski definition) is 2. The van der Waals surface area contributed by atoms with Gasteiger partial charge < -0.3 is 24.6 Å². The molecule has 1 aliphatic heterocycles. The van der Waals surface area contributed by atoms with Crippen LogP contribution in [0.3, 0.4) is 0 Å². The van der Waals surface area contributed by atoms with Gasteiger partial charge in [-0.3, -0.25) is 0 Å². The van der Waals surface area contributed by atoms with E-state index in [1.54, 1.807) is 26.4 Å². The predicted octanol–water partition coefficient (Wildman–Crippen LogP) is 2.96. The van der Waals surface area contributed by atoms with E-state index in [0.29, 0.717) is 12.4 Å². The van der Waals surface area contributed by atoms with E-state index in [-0.39, 0.29) is 11.8 Å². The number of ether oxygens (including phenoxy) is 3. The van der Waals surface area contributed by atoms with Crippen molar-refractivity contribution in [1.29, 1.82) is 0 Å². The second-order valence-electron chi connectivity index (χ2n) is 4.80. The molecule has 1 heterocycles. The molecule has 2 N–H and O–H groups in total. The lowest BCUT2D eigenvalue weighted by Crippen LogP contribution is -2.12. The lowest BCUT2D eigenvalue weighted by molar-refractivity contribution is 0.337. The van der Waals surface area contributed by atoms with Crippen molar-refractivity contribution in [3.05, 3.63) is 42.0 Å². The summed E-state index contributed by atoms with van der Waals surface area (Å²) < 4.78 is 16.2. The summed E-state index contributed by atoms with van der Waals surface area (Å²) in [7, 11) is 3.26. The van der Waals surface area contributed by atoms with Crippen LogP contribution in [-0.2, 0) is 0 Å². The standard InChI is InChI=1S/C16H17NO4/c1-19-11-4-6-15(20-2)13(8-11)17-14-9-21-16-7-10(18)3-5-12(14)16/h3-8,14,17-18H,9H2,1-2H3. The third kappa shape index (κ3) is 2.54. The molecule has 1 aliphatic rings. The predicted molar refractivity (Wildman–Crippen MR) is 79.5 cm³/mol. The number of phenols is 1. The first-order valence-corrected chi connectivity index (χ1v) is 6.65. The summed E-state index contributed by atoms with van der Waals surface area (Å²) in [6.07, 6.45) is 0. The van der Waals surface area contributed by atoms with Crippen molar-refractivity contribution in [3.8, 4) is 23.0 Å². The number of benzene rings is 2. The van der Waals surface area contributed by atoms with E-state index in [4.69, 9.17) is 14.2 Å². The number of fused-ring (bicyclic) bond motifs is 1. The van der Waals surface area contributed by atoms with Crippen molar-refractivity contribution >= 4 is 5.69 Å². The second-order valence-corrected chi connectivity index (χ2v) is 4.80. The zero-order chi connectivity index (χ0) is 14.8. The quantitative estimate of drug-likeness (QED) is 0.905.